The van der Waals surface area contributed by atoms with Crippen molar-refractivity contribution in [2.75, 3.05) is 0 Å². The van der Waals surface area contributed by atoms with E-state index in [9.17, 15) is 9.59 Å². The van der Waals surface area contributed by atoms with Crippen molar-refractivity contribution in [1.82, 2.24) is 25.0 Å². The lowest BCUT2D eigenvalue weighted by molar-refractivity contribution is -0.123. The standard InChI is InChI=1S/C16H21N5O2/c1-3-21-13(6-8-17-21)15-12(4-5-14(22)19-15)18-16(23)11-7-9-20(2)10-11/h6-10,12,15H,3-5H2,1-2H3,(H,18,23)(H,19,22). The lowest BCUT2D eigenvalue weighted by Gasteiger charge is -2.33. The quantitative estimate of drug-likeness (QED) is 0.883. The van der Waals surface area contributed by atoms with Gasteiger partial charge in [-0.25, -0.2) is 0 Å². The number of nitrogens with zero attached hydrogens (tertiary/aromatic N) is 3. The Morgan fingerprint density at radius 3 is 3.00 bits per heavy atom. The number of hydrogen-bond donors (Lipinski definition) is 2. The molecule has 2 amide bonds. The van der Waals surface area contributed by atoms with Crippen molar-refractivity contribution in [1.29, 1.82) is 0 Å². The zero-order valence-electron chi connectivity index (χ0n) is 13.3. The zero-order chi connectivity index (χ0) is 16.4. The summed E-state index contributed by atoms with van der Waals surface area (Å²) in [7, 11) is 1.88. The van der Waals surface area contributed by atoms with Gasteiger partial charge in [-0.3, -0.25) is 14.3 Å². The number of hydrogen-bond acceptors (Lipinski definition) is 3. The highest BCUT2D eigenvalue weighted by Crippen LogP contribution is 2.24. The van der Waals surface area contributed by atoms with Crippen LogP contribution in [0, 0.1) is 0 Å². The van der Waals surface area contributed by atoms with Crippen molar-refractivity contribution in [3.8, 4) is 0 Å². The first-order chi connectivity index (χ1) is 11.1. The van der Waals surface area contributed by atoms with Crippen molar-refractivity contribution in [3.63, 3.8) is 0 Å². The second-order valence-corrected chi connectivity index (χ2v) is 5.80. The second kappa shape index (κ2) is 6.28. The Morgan fingerprint density at radius 2 is 2.30 bits per heavy atom. The van der Waals surface area contributed by atoms with E-state index < -0.39 is 0 Å². The highest BCUT2D eigenvalue weighted by molar-refractivity contribution is 5.94. The number of piperidine rings is 1. The first-order valence-corrected chi connectivity index (χ1v) is 7.82. The van der Waals surface area contributed by atoms with Gasteiger partial charge in [-0.1, -0.05) is 0 Å². The van der Waals surface area contributed by atoms with Crippen molar-refractivity contribution in [2.45, 2.75) is 38.4 Å². The van der Waals surface area contributed by atoms with Gasteiger partial charge in [0.2, 0.25) is 5.91 Å². The molecular formula is C16H21N5O2. The Labute approximate surface area is 134 Å². The van der Waals surface area contributed by atoms with Crippen molar-refractivity contribution in [3.05, 3.63) is 42.0 Å². The normalized spacial score (nSPS) is 21.0. The molecule has 122 valence electrons. The van der Waals surface area contributed by atoms with E-state index in [1.165, 1.54) is 0 Å². The lowest BCUT2D eigenvalue weighted by atomic mass is 9.95. The van der Waals surface area contributed by atoms with Gasteiger partial charge in [0.25, 0.3) is 5.91 Å². The molecule has 2 N–H and O–H groups in total. The van der Waals surface area contributed by atoms with Crippen LogP contribution in [0.3, 0.4) is 0 Å². The van der Waals surface area contributed by atoms with Crippen LogP contribution in [0.2, 0.25) is 0 Å². The maximum atomic E-state index is 12.4. The summed E-state index contributed by atoms with van der Waals surface area (Å²) < 4.78 is 3.68. The Balaban J connectivity index is 1.81. The third-order valence-electron chi connectivity index (χ3n) is 4.18. The molecule has 0 aromatic carbocycles. The van der Waals surface area contributed by atoms with Crippen molar-refractivity contribution < 1.29 is 9.59 Å². The van der Waals surface area contributed by atoms with Crippen LogP contribution in [0.1, 0.15) is 41.9 Å². The summed E-state index contributed by atoms with van der Waals surface area (Å²) in [5.74, 6) is -0.122. The van der Waals surface area contributed by atoms with E-state index >= 15 is 0 Å². The molecule has 0 bridgehead atoms. The second-order valence-electron chi connectivity index (χ2n) is 5.80. The minimum atomic E-state index is -0.258. The van der Waals surface area contributed by atoms with Gasteiger partial charge in [0.15, 0.2) is 0 Å². The summed E-state index contributed by atoms with van der Waals surface area (Å²) in [4.78, 5) is 24.2. The van der Waals surface area contributed by atoms with Crippen LogP contribution >= 0.6 is 0 Å². The number of aryl methyl sites for hydroxylation is 2. The van der Waals surface area contributed by atoms with Gasteiger partial charge in [0, 0.05) is 38.6 Å². The molecule has 2 aromatic rings. The molecule has 2 unspecified atom stereocenters. The SMILES string of the molecule is CCn1nccc1C1NC(=O)CCC1NC(=O)c1ccn(C)c1. The maximum absolute atomic E-state index is 12.4. The van der Waals surface area contributed by atoms with Gasteiger partial charge in [-0.05, 0) is 25.5 Å². The predicted octanol–water partition coefficient (Wildman–Crippen LogP) is 0.991. The molecule has 0 saturated carbocycles. The Morgan fingerprint density at radius 1 is 1.48 bits per heavy atom. The van der Waals surface area contributed by atoms with E-state index in [4.69, 9.17) is 0 Å². The molecular weight excluding hydrogens is 294 g/mol. The fraction of sp³-hybridized carbons (Fsp3) is 0.438. The molecule has 0 spiro atoms. The highest BCUT2D eigenvalue weighted by atomic mass is 16.2. The average molecular weight is 315 g/mol. The van der Waals surface area contributed by atoms with E-state index in [0.717, 1.165) is 5.69 Å². The number of rotatable bonds is 4. The van der Waals surface area contributed by atoms with Crippen LogP contribution in [0.15, 0.2) is 30.7 Å². The first-order valence-electron chi connectivity index (χ1n) is 7.82. The summed E-state index contributed by atoms with van der Waals surface area (Å²) in [6.45, 7) is 2.72. The number of carbonyl (C=O) groups excluding carboxylic acids is 2. The molecule has 3 heterocycles. The van der Waals surface area contributed by atoms with E-state index in [2.05, 4.69) is 15.7 Å². The number of nitrogens with one attached hydrogen (secondary N) is 2. The summed E-state index contributed by atoms with van der Waals surface area (Å²) in [5.41, 5.74) is 1.53. The molecule has 1 fully saturated rings. The maximum Gasteiger partial charge on any atom is 0.253 e. The van der Waals surface area contributed by atoms with E-state index in [0.29, 0.717) is 24.9 Å². The molecule has 23 heavy (non-hydrogen) atoms. The molecule has 2 aromatic heterocycles. The molecule has 1 aliphatic rings. The highest BCUT2D eigenvalue weighted by Gasteiger charge is 2.33. The molecule has 7 heteroatoms. The summed E-state index contributed by atoms with van der Waals surface area (Å²) in [6.07, 6.45) is 6.36. The van der Waals surface area contributed by atoms with Gasteiger partial charge in [-0.2, -0.15) is 5.10 Å². The fourth-order valence-electron chi connectivity index (χ4n) is 3.00. The van der Waals surface area contributed by atoms with Gasteiger partial charge in [-0.15, -0.1) is 0 Å². The van der Waals surface area contributed by atoms with Crippen molar-refractivity contribution in [2.24, 2.45) is 7.05 Å². The largest absolute Gasteiger partial charge is 0.356 e. The molecule has 0 aliphatic carbocycles. The lowest BCUT2D eigenvalue weighted by Crippen LogP contribution is -2.50. The average Bonchev–Trinajstić information content (AvgIpc) is 3.17. The summed E-state index contributed by atoms with van der Waals surface area (Å²) in [5, 5.41) is 10.3. The van der Waals surface area contributed by atoms with Crippen LogP contribution in [-0.4, -0.2) is 32.2 Å². The smallest absolute Gasteiger partial charge is 0.253 e. The van der Waals surface area contributed by atoms with E-state index in [-0.39, 0.29) is 23.9 Å². The predicted molar refractivity (Wildman–Crippen MR) is 84.7 cm³/mol. The molecule has 1 saturated heterocycles. The first kappa shape index (κ1) is 15.3. The fourth-order valence-corrected chi connectivity index (χ4v) is 3.00. The van der Waals surface area contributed by atoms with Crippen molar-refractivity contribution >= 4 is 11.8 Å². The number of carbonyl (C=O) groups is 2. The minimum absolute atomic E-state index is 0.00376. The number of amides is 2. The zero-order valence-corrected chi connectivity index (χ0v) is 13.3. The van der Waals surface area contributed by atoms with Crippen LogP contribution in [0.25, 0.3) is 0 Å². The van der Waals surface area contributed by atoms with Crippen LogP contribution in [0.5, 0.6) is 0 Å². The monoisotopic (exact) mass is 315 g/mol. The molecule has 7 nitrogen and oxygen atoms in total. The molecule has 0 radical (unpaired) electrons. The summed E-state index contributed by atoms with van der Waals surface area (Å²) >= 11 is 0. The van der Waals surface area contributed by atoms with Gasteiger partial charge in [0.05, 0.1) is 23.3 Å². The number of aromatic nitrogens is 3. The third kappa shape index (κ3) is 3.13. The Hall–Kier alpha value is -2.57. The van der Waals surface area contributed by atoms with Gasteiger partial charge in [0.1, 0.15) is 0 Å². The molecule has 2 atom stereocenters. The van der Waals surface area contributed by atoms with Crippen LogP contribution < -0.4 is 10.6 Å². The third-order valence-corrected chi connectivity index (χ3v) is 4.18. The molecule has 1 aliphatic heterocycles. The van der Waals surface area contributed by atoms with E-state index in [1.807, 2.05) is 35.5 Å². The van der Waals surface area contributed by atoms with Gasteiger partial charge >= 0.3 is 0 Å². The van der Waals surface area contributed by atoms with Crippen LogP contribution in [-0.2, 0) is 18.4 Å². The summed E-state index contributed by atoms with van der Waals surface area (Å²) in [6, 6.07) is 3.26. The Bertz CT molecular complexity index is 718. The topological polar surface area (TPSA) is 81.0 Å². The minimum Gasteiger partial charge on any atom is -0.356 e. The van der Waals surface area contributed by atoms with Gasteiger partial charge < -0.3 is 15.2 Å². The molecule has 3 rings (SSSR count). The van der Waals surface area contributed by atoms with E-state index in [1.54, 1.807) is 18.5 Å². The van der Waals surface area contributed by atoms with Crippen LogP contribution in [0.4, 0.5) is 0 Å². The Kier molecular flexibility index (Phi) is 4.18.